The summed E-state index contributed by atoms with van der Waals surface area (Å²) in [6.07, 6.45) is -19.5. The van der Waals surface area contributed by atoms with Crippen molar-refractivity contribution in [1.29, 1.82) is 0 Å². The van der Waals surface area contributed by atoms with Gasteiger partial charge in [0.05, 0.1) is 84.6 Å². The molecule has 6 aliphatic heterocycles. The van der Waals surface area contributed by atoms with Crippen LogP contribution in [-0.4, -0.2) is 277 Å². The number of aliphatic hydroxyl groups excluding tert-OH is 6. The van der Waals surface area contributed by atoms with Crippen LogP contribution in [0.4, 0.5) is 0 Å². The van der Waals surface area contributed by atoms with E-state index in [-0.39, 0.29) is 73.7 Å². The fourth-order valence-electron chi connectivity index (χ4n) is 18.5. The normalized spacial score (nSPS) is 51.3. The Morgan fingerprint density at radius 2 is 1.04 bits per heavy atom. The molecule has 0 amide bonds. The molecule has 0 unspecified atom stereocenters. The van der Waals surface area contributed by atoms with Gasteiger partial charge in [-0.3, -0.25) is 9.59 Å². The van der Waals surface area contributed by atoms with Gasteiger partial charge in [-0.2, -0.15) is 0 Å². The van der Waals surface area contributed by atoms with E-state index in [1.165, 1.54) is 21.1 Å². The van der Waals surface area contributed by atoms with E-state index >= 15 is 0 Å². The lowest BCUT2D eigenvalue weighted by atomic mass is 9.42. The Morgan fingerprint density at radius 1 is 0.531 bits per heavy atom. The standard InChI is InChI=1S/C68H114O28/c1-16-30(2)62(76)88-36(8)67(77)21-22-68(78)40-18-17-38-23-39(19-20-65(38,10)41(40)24-47(66(67,68)11)89-37(9)70)90-48-25-42(71)56(31(3)83-48)92-49-26-43(79-12)57(32(4)84-49)93-50-27-44(80-13)58(33(5)85-50)94-51-28-45(81-14)59(34(6)86-51)95-64-55(75)61(82-15)60(35(7)87-64)96-63-54(74)53(73)52(72)46(29-69)91-63/h30-36,38-61,63-64,69,71-75,77-78H,16-29H2,1-15H3/t30-,31-,32-,33-,34-,35-,36+,38+,39+,40-,41+,42+,43+,44-,45-,46-,47-,48-,49+,50+,51+,52-,53+,54-,55-,56-,57-,58-,59-,60-,61-,63+,64+,65+,66-,67-,68+/m1/s1. The summed E-state index contributed by atoms with van der Waals surface area (Å²) in [5.74, 6) is -1.24. The van der Waals surface area contributed by atoms with Gasteiger partial charge < -0.3 is 126 Å². The van der Waals surface area contributed by atoms with Crippen molar-refractivity contribution in [2.24, 2.45) is 34.5 Å². The van der Waals surface area contributed by atoms with Gasteiger partial charge in [-0.25, -0.2) is 0 Å². The molecule has 0 spiro atoms. The summed E-state index contributed by atoms with van der Waals surface area (Å²) < 4.78 is 112. The quantitative estimate of drug-likeness (QED) is 0.0570. The Labute approximate surface area is 564 Å². The van der Waals surface area contributed by atoms with Gasteiger partial charge in [0.15, 0.2) is 37.7 Å². The van der Waals surface area contributed by atoms with Crippen molar-refractivity contribution >= 4 is 11.9 Å². The molecule has 10 rings (SSSR count). The Morgan fingerprint density at radius 3 is 1.56 bits per heavy atom. The number of hydrogen-bond acceptors (Lipinski definition) is 28. The van der Waals surface area contributed by atoms with Crippen molar-refractivity contribution in [1.82, 2.24) is 0 Å². The van der Waals surface area contributed by atoms with E-state index in [2.05, 4.69) is 6.92 Å². The number of carbonyl (C=O) groups excluding carboxylic acids is 2. The highest BCUT2D eigenvalue weighted by atomic mass is 16.8. The largest absolute Gasteiger partial charge is 0.462 e. The molecule has 37 atom stereocenters. The van der Waals surface area contributed by atoms with Crippen molar-refractivity contribution < 1.29 is 136 Å². The number of rotatable bonds is 22. The van der Waals surface area contributed by atoms with Gasteiger partial charge in [-0.15, -0.1) is 0 Å². The summed E-state index contributed by atoms with van der Waals surface area (Å²) >= 11 is 0. The van der Waals surface area contributed by atoms with Crippen molar-refractivity contribution in [2.45, 2.75) is 349 Å². The van der Waals surface area contributed by atoms with Crippen LogP contribution in [0.15, 0.2) is 0 Å². The van der Waals surface area contributed by atoms with Crippen LogP contribution in [0.25, 0.3) is 0 Å². The Kier molecular flexibility index (Phi) is 24.8. The van der Waals surface area contributed by atoms with E-state index in [9.17, 15) is 50.4 Å². The maximum absolute atomic E-state index is 13.1. The fraction of sp³-hybridized carbons (Fsp3) is 0.971. The zero-order valence-corrected chi connectivity index (χ0v) is 58.7. The van der Waals surface area contributed by atoms with Crippen LogP contribution in [0.2, 0.25) is 0 Å². The molecule has 6 heterocycles. The molecule has 28 heteroatoms. The van der Waals surface area contributed by atoms with Crippen LogP contribution in [0.1, 0.15) is 160 Å². The molecule has 0 radical (unpaired) electrons. The summed E-state index contributed by atoms with van der Waals surface area (Å²) in [6.45, 7) is 19.3. The molecule has 554 valence electrons. The van der Waals surface area contributed by atoms with Crippen LogP contribution in [-0.2, 0) is 94.9 Å². The second kappa shape index (κ2) is 31.1. The van der Waals surface area contributed by atoms with Gasteiger partial charge in [0.1, 0.15) is 85.0 Å². The van der Waals surface area contributed by atoms with Gasteiger partial charge in [0.25, 0.3) is 0 Å². The van der Waals surface area contributed by atoms with Crippen molar-refractivity contribution in [3.05, 3.63) is 0 Å². The van der Waals surface area contributed by atoms with E-state index in [0.717, 1.165) is 25.7 Å². The maximum Gasteiger partial charge on any atom is 0.309 e. The van der Waals surface area contributed by atoms with Crippen LogP contribution in [0, 0.1) is 34.5 Å². The minimum Gasteiger partial charge on any atom is -0.462 e. The van der Waals surface area contributed by atoms with Crippen LogP contribution in [0.3, 0.4) is 0 Å². The predicted octanol–water partition coefficient (Wildman–Crippen LogP) is 2.57. The summed E-state index contributed by atoms with van der Waals surface area (Å²) in [5, 5.41) is 90.1. The molecule has 0 aromatic rings. The van der Waals surface area contributed by atoms with Crippen LogP contribution < -0.4 is 0 Å². The summed E-state index contributed by atoms with van der Waals surface area (Å²) in [6, 6.07) is 0. The number of carbonyl (C=O) groups is 2. The van der Waals surface area contributed by atoms with Gasteiger partial charge in [0, 0.05) is 61.0 Å². The van der Waals surface area contributed by atoms with Crippen molar-refractivity contribution in [3.8, 4) is 0 Å². The Bertz CT molecular complexity index is 2530. The molecule has 96 heavy (non-hydrogen) atoms. The Balaban J connectivity index is 0.683. The van der Waals surface area contributed by atoms with E-state index < -0.39 is 207 Å². The molecule has 10 fully saturated rings. The van der Waals surface area contributed by atoms with Crippen LogP contribution >= 0.6 is 0 Å². The second-order valence-corrected chi connectivity index (χ2v) is 29.8. The molecule has 6 saturated heterocycles. The highest BCUT2D eigenvalue weighted by molar-refractivity contribution is 5.72. The smallest absolute Gasteiger partial charge is 0.309 e. The number of esters is 2. The lowest BCUT2D eigenvalue weighted by molar-refractivity contribution is -0.374. The molecule has 10 aliphatic rings. The second-order valence-electron chi connectivity index (χ2n) is 29.8. The molecule has 0 aromatic heterocycles. The minimum absolute atomic E-state index is 0.0194. The van der Waals surface area contributed by atoms with Gasteiger partial charge in [-0.1, -0.05) is 27.7 Å². The monoisotopic (exact) mass is 1380 g/mol. The number of hydrogen-bond donors (Lipinski definition) is 8. The van der Waals surface area contributed by atoms with Gasteiger partial charge in [-0.05, 0) is 122 Å². The van der Waals surface area contributed by atoms with Crippen molar-refractivity contribution in [3.63, 3.8) is 0 Å². The number of aliphatic hydroxyl groups is 8. The van der Waals surface area contributed by atoms with Gasteiger partial charge >= 0.3 is 11.9 Å². The van der Waals surface area contributed by atoms with E-state index in [4.69, 9.17) is 85.3 Å². The average molecular weight is 1380 g/mol. The number of methoxy groups -OCH3 is 4. The lowest BCUT2D eigenvalue weighted by Crippen LogP contribution is -2.72. The zero-order chi connectivity index (χ0) is 69.8. The van der Waals surface area contributed by atoms with E-state index in [0.29, 0.717) is 19.3 Å². The molecule has 4 saturated carbocycles. The van der Waals surface area contributed by atoms with E-state index in [1.807, 2.05) is 34.6 Å². The first-order valence-corrected chi connectivity index (χ1v) is 35.2. The first kappa shape index (κ1) is 76.6. The van der Waals surface area contributed by atoms with Gasteiger partial charge in [0.2, 0.25) is 0 Å². The molecule has 0 aromatic carbocycles. The molecule has 0 bridgehead atoms. The first-order chi connectivity index (χ1) is 45.4. The van der Waals surface area contributed by atoms with Crippen molar-refractivity contribution in [2.75, 3.05) is 35.0 Å². The third kappa shape index (κ3) is 14.6. The summed E-state index contributed by atoms with van der Waals surface area (Å²) in [7, 11) is 6.08. The topological polar surface area (TPSA) is 362 Å². The molecular formula is C68H114O28. The minimum atomic E-state index is -1.68. The highest BCUT2D eigenvalue weighted by Gasteiger charge is 2.77. The highest BCUT2D eigenvalue weighted by Crippen LogP contribution is 2.71. The van der Waals surface area contributed by atoms with Crippen LogP contribution in [0.5, 0.6) is 0 Å². The summed E-state index contributed by atoms with van der Waals surface area (Å²) in [4.78, 5) is 25.9. The first-order valence-electron chi connectivity index (χ1n) is 35.2. The fourth-order valence-corrected chi connectivity index (χ4v) is 18.5. The molecule has 28 nitrogen and oxygen atoms in total. The van der Waals surface area contributed by atoms with E-state index in [1.54, 1.807) is 41.9 Å². The third-order valence-corrected chi connectivity index (χ3v) is 24.5. The summed E-state index contributed by atoms with van der Waals surface area (Å²) in [5.41, 5.74) is -4.57. The lowest BCUT2D eigenvalue weighted by Gasteiger charge is -2.66. The maximum atomic E-state index is 13.1. The number of fused-ring (bicyclic) bond motifs is 5. The predicted molar refractivity (Wildman–Crippen MR) is 332 cm³/mol. The Hall–Kier alpha value is -2.02. The SMILES string of the molecule is CC[C@@H](C)C(=O)O[C@@H](C)[C@]1(O)CC[C@]2(O)[C@@H]3CC[C@H]4C[C@@H](O[C@@H]5C[C@H](O)[C@H](O[C@H]6C[C@H](OC)[C@H](O[C@H]7C[C@@H](OC)[C@H](O[C@H]8C[C@@H](OC)[C@H](O[C@@H]9O[C@H](C)[C@@H](O[C@@H]%10O[C@H](CO)[C@@H](O)[C@H](O)[C@H]%10O)[C@H](OC)[C@H]9O)[C@@H](C)O8)[C@@H](C)O7)[C@@H](C)O6)[C@@H](C)O5)CC[C@]4(C)[C@H]3C[C@@H](OC(C)=O)[C@]12C. The third-order valence-electron chi connectivity index (χ3n) is 24.5. The molecular weight excluding hydrogens is 1260 g/mol. The molecule has 4 aliphatic carbocycles. The molecule has 8 N–H and O–H groups in total. The zero-order valence-electron chi connectivity index (χ0n) is 58.7. The number of ether oxygens (including phenoxy) is 18. The average Bonchev–Trinajstić information content (AvgIpc) is 1.40.